The Labute approximate surface area is 151 Å². The maximum Gasteiger partial charge on any atom is 0.225 e. The molecule has 0 saturated heterocycles. The number of hydrogen-bond donors (Lipinski definition) is 1. The van der Waals surface area contributed by atoms with Crippen LogP contribution in [0.25, 0.3) is 10.4 Å². The highest BCUT2D eigenvalue weighted by molar-refractivity contribution is 7.99. The second-order valence-electron chi connectivity index (χ2n) is 5.50. The molecule has 0 amide bonds. The van der Waals surface area contributed by atoms with E-state index in [2.05, 4.69) is 58.1 Å². The first-order valence-corrected chi connectivity index (χ1v) is 9.87. The van der Waals surface area contributed by atoms with Crippen molar-refractivity contribution in [2.24, 2.45) is 16.0 Å². The van der Waals surface area contributed by atoms with Gasteiger partial charge in [-0.1, -0.05) is 37.3 Å². The molecule has 0 aliphatic carbocycles. The van der Waals surface area contributed by atoms with Crippen LogP contribution in [0.3, 0.4) is 0 Å². The van der Waals surface area contributed by atoms with Gasteiger partial charge in [0.25, 0.3) is 0 Å². The van der Waals surface area contributed by atoms with Crippen LogP contribution in [-0.4, -0.2) is 30.3 Å². The van der Waals surface area contributed by atoms with Gasteiger partial charge in [-0.25, -0.2) is 5.01 Å². The van der Waals surface area contributed by atoms with E-state index >= 15 is 0 Å². The van der Waals surface area contributed by atoms with Crippen molar-refractivity contribution in [1.82, 2.24) is 9.73 Å². The Morgan fingerprint density at radius 3 is 2.83 bits per heavy atom. The van der Waals surface area contributed by atoms with Gasteiger partial charge < -0.3 is 0 Å². The minimum atomic E-state index is 0.519. The third-order valence-corrected chi connectivity index (χ3v) is 5.83. The molecule has 1 N–H and O–H groups in total. The molecule has 1 aliphatic rings. The van der Waals surface area contributed by atoms with E-state index in [0.717, 1.165) is 25.5 Å². The molecule has 1 atom stereocenters. The standard InChI is InChI=1S/C18H22N4S2/c1-3-14-12-20-22(13-14)18(19-4-2)21-24-17-11-10-16(23-17)15-8-6-5-7-9-15/h5-12,14H,3-4,13H2,1-2H3,(H,19,21). The smallest absolute Gasteiger partial charge is 0.225 e. The van der Waals surface area contributed by atoms with E-state index in [1.165, 1.54) is 14.6 Å². The van der Waals surface area contributed by atoms with Crippen molar-refractivity contribution in [2.75, 3.05) is 13.1 Å². The van der Waals surface area contributed by atoms with Gasteiger partial charge in [-0.2, -0.15) is 5.10 Å². The summed E-state index contributed by atoms with van der Waals surface area (Å²) in [7, 11) is 0. The van der Waals surface area contributed by atoms with Gasteiger partial charge >= 0.3 is 0 Å². The summed E-state index contributed by atoms with van der Waals surface area (Å²) in [5.74, 6) is 1.36. The number of nitrogens with zero attached hydrogens (tertiary/aromatic N) is 3. The fourth-order valence-electron chi connectivity index (χ4n) is 2.41. The van der Waals surface area contributed by atoms with Crippen LogP contribution in [0.4, 0.5) is 0 Å². The van der Waals surface area contributed by atoms with Crippen LogP contribution in [-0.2, 0) is 0 Å². The number of nitrogens with one attached hydrogen (secondary N) is 1. The molecular formula is C18H22N4S2. The summed E-state index contributed by atoms with van der Waals surface area (Å²) in [5.41, 5.74) is 1.26. The highest BCUT2D eigenvalue weighted by atomic mass is 32.2. The summed E-state index contributed by atoms with van der Waals surface area (Å²) in [6.07, 6.45) is 3.13. The Balaban J connectivity index is 1.63. The molecule has 4 nitrogen and oxygen atoms in total. The van der Waals surface area contributed by atoms with Gasteiger partial charge in [-0.15, -0.1) is 11.3 Å². The summed E-state index contributed by atoms with van der Waals surface area (Å²) in [5, 5.41) is 6.45. The minimum Gasteiger partial charge on any atom is -0.294 e. The Kier molecular flexibility index (Phi) is 5.93. The van der Waals surface area contributed by atoms with Gasteiger partial charge in [0.15, 0.2) is 0 Å². The zero-order valence-corrected chi connectivity index (χ0v) is 15.6. The highest BCUT2D eigenvalue weighted by Gasteiger charge is 2.20. The third kappa shape index (κ3) is 4.19. The molecule has 24 heavy (non-hydrogen) atoms. The first-order valence-electron chi connectivity index (χ1n) is 8.24. The monoisotopic (exact) mass is 358 g/mol. The van der Waals surface area contributed by atoms with Gasteiger partial charge in [0.05, 0.1) is 10.8 Å². The largest absolute Gasteiger partial charge is 0.294 e. The molecule has 0 bridgehead atoms. The zero-order valence-electron chi connectivity index (χ0n) is 14.0. The van der Waals surface area contributed by atoms with Gasteiger partial charge in [-0.05, 0) is 43.0 Å². The molecule has 3 rings (SSSR count). The maximum atomic E-state index is 4.56. The fraction of sp³-hybridized carbons (Fsp3) is 0.333. The van der Waals surface area contributed by atoms with Crippen LogP contribution >= 0.6 is 23.3 Å². The molecule has 0 radical (unpaired) electrons. The molecule has 1 unspecified atom stereocenters. The van der Waals surface area contributed by atoms with Crippen LogP contribution in [0.1, 0.15) is 20.3 Å². The molecule has 2 aromatic rings. The zero-order chi connectivity index (χ0) is 16.8. The first-order chi connectivity index (χ1) is 11.8. The van der Waals surface area contributed by atoms with Crippen molar-refractivity contribution in [1.29, 1.82) is 0 Å². The van der Waals surface area contributed by atoms with Crippen LogP contribution in [0.5, 0.6) is 0 Å². The Morgan fingerprint density at radius 2 is 2.12 bits per heavy atom. The van der Waals surface area contributed by atoms with E-state index in [0.29, 0.717) is 5.92 Å². The molecule has 1 aliphatic heterocycles. The van der Waals surface area contributed by atoms with Gasteiger partial charge in [0.2, 0.25) is 5.96 Å². The van der Waals surface area contributed by atoms with Crippen molar-refractivity contribution in [3.05, 3.63) is 42.5 Å². The number of benzene rings is 1. The third-order valence-electron chi connectivity index (χ3n) is 3.78. The quantitative estimate of drug-likeness (QED) is 0.478. The van der Waals surface area contributed by atoms with E-state index < -0.39 is 0 Å². The SMILES string of the molecule is CCN=C(NSc1ccc(-c2ccccc2)s1)N1CC(CC)C=N1. The van der Waals surface area contributed by atoms with E-state index in [4.69, 9.17) is 0 Å². The summed E-state index contributed by atoms with van der Waals surface area (Å²) in [6, 6.07) is 14.8. The molecule has 0 saturated carbocycles. The molecule has 6 heteroatoms. The van der Waals surface area contributed by atoms with Crippen LogP contribution < -0.4 is 4.72 Å². The number of guanidine groups is 1. The van der Waals surface area contributed by atoms with E-state index in [1.807, 2.05) is 24.2 Å². The Bertz CT molecular complexity index is 709. The topological polar surface area (TPSA) is 40.0 Å². The number of aliphatic imine (C=N–C) groups is 1. The summed E-state index contributed by atoms with van der Waals surface area (Å²) < 4.78 is 4.59. The predicted octanol–water partition coefficient (Wildman–Crippen LogP) is 4.72. The van der Waals surface area contributed by atoms with Gasteiger partial charge in [0.1, 0.15) is 0 Å². The molecule has 0 fully saturated rings. The lowest BCUT2D eigenvalue weighted by atomic mass is 10.1. The average molecular weight is 359 g/mol. The number of rotatable bonds is 5. The summed E-state index contributed by atoms with van der Waals surface area (Å²) in [4.78, 5) is 5.83. The van der Waals surface area contributed by atoms with Crippen molar-refractivity contribution in [2.45, 2.75) is 24.5 Å². The van der Waals surface area contributed by atoms with E-state index in [1.54, 1.807) is 23.3 Å². The highest BCUT2D eigenvalue weighted by Crippen LogP contribution is 2.32. The van der Waals surface area contributed by atoms with Gasteiger partial charge in [0, 0.05) is 23.6 Å². The lowest BCUT2D eigenvalue weighted by Crippen LogP contribution is -2.34. The first kappa shape index (κ1) is 17.0. The molecular weight excluding hydrogens is 336 g/mol. The number of hydrogen-bond acceptors (Lipinski definition) is 4. The van der Waals surface area contributed by atoms with Crippen LogP contribution in [0.2, 0.25) is 0 Å². The van der Waals surface area contributed by atoms with Crippen molar-refractivity contribution in [3.8, 4) is 10.4 Å². The number of hydrazone groups is 1. The second-order valence-corrected chi connectivity index (χ2v) is 7.69. The molecule has 1 aromatic carbocycles. The van der Waals surface area contributed by atoms with Crippen molar-refractivity contribution >= 4 is 35.5 Å². The van der Waals surface area contributed by atoms with Crippen molar-refractivity contribution in [3.63, 3.8) is 0 Å². The Hall–Kier alpha value is -1.79. The van der Waals surface area contributed by atoms with Crippen LogP contribution in [0.15, 0.2) is 56.8 Å². The normalized spacial score (nSPS) is 17.5. The van der Waals surface area contributed by atoms with Crippen molar-refractivity contribution < 1.29 is 0 Å². The Morgan fingerprint density at radius 1 is 1.29 bits per heavy atom. The van der Waals surface area contributed by atoms with E-state index in [-0.39, 0.29) is 0 Å². The summed E-state index contributed by atoms with van der Waals surface area (Å²) in [6.45, 7) is 5.88. The number of thiophene rings is 1. The summed E-state index contributed by atoms with van der Waals surface area (Å²) >= 11 is 3.38. The lowest BCUT2D eigenvalue weighted by Gasteiger charge is -2.18. The predicted molar refractivity (Wildman–Crippen MR) is 106 cm³/mol. The fourth-order valence-corrected chi connectivity index (χ4v) is 4.21. The maximum absolute atomic E-state index is 4.56. The average Bonchev–Trinajstić information content (AvgIpc) is 3.29. The molecule has 1 aromatic heterocycles. The van der Waals surface area contributed by atoms with E-state index in [9.17, 15) is 0 Å². The molecule has 126 valence electrons. The van der Waals surface area contributed by atoms with Crippen LogP contribution in [0, 0.1) is 5.92 Å². The van der Waals surface area contributed by atoms with Gasteiger partial charge in [-0.3, -0.25) is 9.71 Å². The molecule has 2 heterocycles. The minimum absolute atomic E-state index is 0.519. The molecule has 0 spiro atoms. The lowest BCUT2D eigenvalue weighted by molar-refractivity contribution is 0.431. The second kappa shape index (κ2) is 8.35.